The maximum atomic E-state index is 3.85. The van der Waals surface area contributed by atoms with Gasteiger partial charge in [0.25, 0.3) is 0 Å². The van der Waals surface area contributed by atoms with Gasteiger partial charge in [0.1, 0.15) is 0 Å². The third-order valence-corrected chi connectivity index (χ3v) is 2.87. The van der Waals surface area contributed by atoms with Crippen LogP contribution in [0.5, 0.6) is 0 Å². The normalized spacial score (nSPS) is 10.6. The Morgan fingerprint density at radius 1 is 1.20 bits per heavy atom. The van der Waals surface area contributed by atoms with E-state index in [9.17, 15) is 0 Å². The van der Waals surface area contributed by atoms with Crippen LogP contribution in [-0.4, -0.2) is 24.5 Å². The molecule has 15 heavy (non-hydrogen) atoms. The number of rotatable bonds is 6. The Labute approximate surface area is 93.4 Å². The topological polar surface area (TPSA) is 3.24 Å². The van der Waals surface area contributed by atoms with Gasteiger partial charge in [-0.15, -0.1) is 0 Å². The van der Waals surface area contributed by atoms with Gasteiger partial charge in [0.05, 0.1) is 0 Å². The highest BCUT2D eigenvalue weighted by molar-refractivity contribution is 5.51. The third-order valence-electron chi connectivity index (χ3n) is 2.87. The maximum absolute atomic E-state index is 3.85. The van der Waals surface area contributed by atoms with E-state index < -0.39 is 0 Å². The van der Waals surface area contributed by atoms with Crippen LogP contribution in [0, 0.1) is 0 Å². The van der Waals surface area contributed by atoms with Gasteiger partial charge in [-0.1, -0.05) is 50.8 Å². The summed E-state index contributed by atoms with van der Waals surface area (Å²) in [6, 6.07) is 8.49. The summed E-state index contributed by atoms with van der Waals surface area (Å²) in [6.07, 6.45) is 3.06. The molecule has 0 aliphatic carbocycles. The molecule has 0 saturated carbocycles. The van der Waals surface area contributed by atoms with Crippen LogP contribution >= 0.6 is 0 Å². The van der Waals surface area contributed by atoms with Crippen LogP contribution in [0.2, 0.25) is 0 Å². The van der Waals surface area contributed by atoms with Crippen molar-refractivity contribution in [2.75, 3.05) is 19.6 Å². The lowest BCUT2D eigenvalue weighted by molar-refractivity contribution is 0.308. The summed E-state index contributed by atoms with van der Waals surface area (Å²) in [6.45, 7) is 11.7. The fraction of sp³-hybridized carbons (Fsp3) is 0.429. The predicted octanol–water partition coefficient (Wildman–Crippen LogP) is 3.21. The van der Waals surface area contributed by atoms with Gasteiger partial charge in [0.15, 0.2) is 0 Å². The lowest BCUT2D eigenvalue weighted by atomic mass is 10.0. The van der Waals surface area contributed by atoms with Gasteiger partial charge in [-0.2, -0.15) is 0 Å². The molecule has 0 atom stereocenters. The van der Waals surface area contributed by atoms with Crippen molar-refractivity contribution in [2.45, 2.75) is 20.3 Å². The number of hydrogen-bond donors (Lipinski definition) is 0. The van der Waals surface area contributed by atoms with Crippen LogP contribution in [0.25, 0.3) is 6.08 Å². The lowest BCUT2D eigenvalue weighted by Crippen LogP contribution is -2.25. The maximum Gasteiger partial charge on any atom is 0.00218 e. The molecule has 1 rings (SSSR count). The highest BCUT2D eigenvalue weighted by Crippen LogP contribution is 2.11. The highest BCUT2D eigenvalue weighted by Gasteiger charge is 2.02. The Kier molecular flexibility index (Phi) is 5.13. The summed E-state index contributed by atoms with van der Waals surface area (Å²) in [5.41, 5.74) is 2.67. The van der Waals surface area contributed by atoms with Crippen molar-refractivity contribution in [3.63, 3.8) is 0 Å². The summed E-state index contributed by atoms with van der Waals surface area (Å²) < 4.78 is 0. The zero-order valence-corrected chi connectivity index (χ0v) is 9.87. The van der Waals surface area contributed by atoms with Gasteiger partial charge in [-0.05, 0) is 30.6 Å². The van der Waals surface area contributed by atoms with E-state index in [-0.39, 0.29) is 0 Å². The molecule has 1 aromatic rings. The molecule has 0 fully saturated rings. The van der Waals surface area contributed by atoms with Crippen LogP contribution in [-0.2, 0) is 6.42 Å². The number of benzene rings is 1. The molecule has 0 spiro atoms. The van der Waals surface area contributed by atoms with E-state index in [2.05, 4.69) is 49.6 Å². The average Bonchev–Trinajstić information content (AvgIpc) is 2.31. The molecule has 0 heterocycles. The van der Waals surface area contributed by atoms with E-state index in [4.69, 9.17) is 0 Å². The molecule has 1 nitrogen and oxygen atoms in total. The van der Waals surface area contributed by atoms with Crippen molar-refractivity contribution < 1.29 is 0 Å². The smallest absolute Gasteiger partial charge is 0.00218 e. The Morgan fingerprint density at radius 2 is 1.87 bits per heavy atom. The van der Waals surface area contributed by atoms with E-state index in [1.165, 1.54) is 11.1 Å². The lowest BCUT2D eigenvalue weighted by Gasteiger charge is -2.18. The summed E-state index contributed by atoms with van der Waals surface area (Å²) in [5.74, 6) is 0. The van der Waals surface area contributed by atoms with Gasteiger partial charge in [-0.3, -0.25) is 0 Å². The van der Waals surface area contributed by atoms with Crippen molar-refractivity contribution in [1.29, 1.82) is 0 Å². The number of nitrogens with zero attached hydrogens (tertiary/aromatic N) is 1. The molecular weight excluding hydrogens is 182 g/mol. The van der Waals surface area contributed by atoms with Gasteiger partial charge >= 0.3 is 0 Å². The summed E-state index contributed by atoms with van der Waals surface area (Å²) in [7, 11) is 0. The predicted molar refractivity (Wildman–Crippen MR) is 68.0 cm³/mol. The molecule has 0 N–H and O–H groups in total. The van der Waals surface area contributed by atoms with Crippen molar-refractivity contribution in [3.05, 3.63) is 42.0 Å². The van der Waals surface area contributed by atoms with E-state index in [1.54, 1.807) is 0 Å². The molecule has 0 saturated heterocycles. The molecule has 1 aromatic carbocycles. The minimum absolute atomic E-state index is 1.11. The third kappa shape index (κ3) is 3.52. The second kappa shape index (κ2) is 6.41. The molecule has 0 bridgehead atoms. The van der Waals surface area contributed by atoms with Crippen molar-refractivity contribution in [2.24, 2.45) is 0 Å². The van der Waals surface area contributed by atoms with Gasteiger partial charge in [0, 0.05) is 6.54 Å². The molecule has 0 amide bonds. The molecule has 1 heteroatoms. The first-order chi connectivity index (χ1) is 7.31. The highest BCUT2D eigenvalue weighted by atomic mass is 15.1. The van der Waals surface area contributed by atoms with Crippen LogP contribution in [0.4, 0.5) is 0 Å². The second-order valence-corrected chi connectivity index (χ2v) is 3.68. The SMILES string of the molecule is C=Cc1ccccc1CCN(CC)CC. The van der Waals surface area contributed by atoms with Crippen LogP contribution in [0.15, 0.2) is 30.8 Å². The largest absolute Gasteiger partial charge is 0.304 e. The van der Waals surface area contributed by atoms with E-state index in [0.717, 1.165) is 26.1 Å². The Balaban J connectivity index is 2.60. The fourth-order valence-corrected chi connectivity index (χ4v) is 1.78. The summed E-state index contributed by atoms with van der Waals surface area (Å²) in [5, 5.41) is 0. The van der Waals surface area contributed by atoms with Crippen molar-refractivity contribution >= 4 is 6.08 Å². The molecular formula is C14H21N. The molecule has 0 radical (unpaired) electrons. The van der Waals surface area contributed by atoms with E-state index in [1.807, 2.05) is 6.08 Å². The number of likely N-dealkylation sites (N-methyl/N-ethyl adjacent to an activating group) is 1. The van der Waals surface area contributed by atoms with Crippen molar-refractivity contribution in [1.82, 2.24) is 4.90 Å². The quantitative estimate of drug-likeness (QED) is 0.686. The molecule has 0 aliphatic rings. The Morgan fingerprint density at radius 3 is 2.47 bits per heavy atom. The monoisotopic (exact) mass is 203 g/mol. The van der Waals surface area contributed by atoms with Gasteiger partial charge < -0.3 is 4.90 Å². The Bertz CT molecular complexity index is 300. The zero-order valence-electron chi connectivity index (χ0n) is 9.87. The zero-order chi connectivity index (χ0) is 11.1. The number of hydrogen-bond acceptors (Lipinski definition) is 1. The standard InChI is InChI=1S/C14H21N/c1-4-13-9-7-8-10-14(13)11-12-15(5-2)6-3/h4,7-10H,1,5-6,11-12H2,2-3H3. The van der Waals surface area contributed by atoms with Gasteiger partial charge in [-0.25, -0.2) is 0 Å². The van der Waals surface area contributed by atoms with Crippen LogP contribution in [0.3, 0.4) is 0 Å². The Hall–Kier alpha value is -1.08. The molecule has 82 valence electrons. The molecule has 0 aliphatic heterocycles. The first-order valence-corrected chi connectivity index (χ1v) is 5.74. The van der Waals surface area contributed by atoms with Gasteiger partial charge in [0.2, 0.25) is 0 Å². The first-order valence-electron chi connectivity index (χ1n) is 5.74. The first kappa shape index (κ1) is 12.0. The van der Waals surface area contributed by atoms with E-state index >= 15 is 0 Å². The van der Waals surface area contributed by atoms with E-state index in [0.29, 0.717) is 0 Å². The fourth-order valence-electron chi connectivity index (χ4n) is 1.78. The second-order valence-electron chi connectivity index (χ2n) is 3.68. The minimum atomic E-state index is 1.11. The minimum Gasteiger partial charge on any atom is -0.304 e. The summed E-state index contributed by atoms with van der Waals surface area (Å²) in [4.78, 5) is 2.44. The molecule has 0 unspecified atom stereocenters. The van der Waals surface area contributed by atoms with Crippen LogP contribution in [0.1, 0.15) is 25.0 Å². The van der Waals surface area contributed by atoms with Crippen molar-refractivity contribution in [3.8, 4) is 0 Å². The summed E-state index contributed by atoms with van der Waals surface area (Å²) >= 11 is 0. The average molecular weight is 203 g/mol. The molecule has 0 aromatic heterocycles. The van der Waals surface area contributed by atoms with Crippen LogP contribution < -0.4 is 0 Å².